The second kappa shape index (κ2) is 6.55. The number of nitrogens with zero attached hydrogens (tertiary/aromatic N) is 4. The number of aryl methyl sites for hydroxylation is 1. The highest BCUT2D eigenvalue weighted by Gasteiger charge is 2.15. The van der Waals surface area contributed by atoms with E-state index in [4.69, 9.17) is 10.3 Å². The average Bonchev–Trinajstić information content (AvgIpc) is 3.14. The summed E-state index contributed by atoms with van der Waals surface area (Å²) in [5.74, 6) is 2.02. The second-order valence-corrected chi connectivity index (χ2v) is 6.45. The number of piperidine rings is 1. The van der Waals surface area contributed by atoms with Gasteiger partial charge in [0, 0.05) is 36.1 Å². The van der Waals surface area contributed by atoms with Crippen LogP contribution in [0, 0.1) is 6.92 Å². The number of pyridine rings is 1. The van der Waals surface area contributed by atoms with Gasteiger partial charge in [0.25, 0.3) is 5.89 Å². The summed E-state index contributed by atoms with van der Waals surface area (Å²) in [5, 5.41) is 4.10. The molecular formula is C19H21N5O. The van der Waals surface area contributed by atoms with E-state index in [9.17, 15) is 0 Å². The van der Waals surface area contributed by atoms with Gasteiger partial charge in [-0.3, -0.25) is 0 Å². The van der Waals surface area contributed by atoms with E-state index in [-0.39, 0.29) is 0 Å². The first-order chi connectivity index (χ1) is 12.2. The molecule has 0 bridgehead atoms. The van der Waals surface area contributed by atoms with Crippen LogP contribution in [-0.4, -0.2) is 28.2 Å². The first-order valence-electron chi connectivity index (χ1n) is 8.62. The standard InChI is InChI=1S/C19H21N5O/c1-13-5-7-15(20)11-16(13)19-22-18(23-25-19)14-6-8-17(21-12-14)24-9-3-2-4-10-24/h5-8,11-12H,2-4,9-10,20H2,1H3. The van der Waals surface area contributed by atoms with Crippen LogP contribution in [0.3, 0.4) is 0 Å². The lowest BCUT2D eigenvalue weighted by Gasteiger charge is -2.27. The molecule has 25 heavy (non-hydrogen) atoms. The molecule has 0 atom stereocenters. The Labute approximate surface area is 146 Å². The SMILES string of the molecule is Cc1ccc(N)cc1-c1nc(-c2ccc(N3CCCCC3)nc2)no1. The third-order valence-corrected chi connectivity index (χ3v) is 4.60. The van der Waals surface area contributed by atoms with Crippen molar-refractivity contribution in [1.29, 1.82) is 0 Å². The van der Waals surface area contributed by atoms with Crippen LogP contribution in [0.15, 0.2) is 41.1 Å². The molecule has 0 saturated carbocycles. The second-order valence-electron chi connectivity index (χ2n) is 6.45. The lowest BCUT2D eigenvalue weighted by atomic mass is 10.1. The largest absolute Gasteiger partial charge is 0.399 e. The third kappa shape index (κ3) is 3.20. The van der Waals surface area contributed by atoms with Gasteiger partial charge >= 0.3 is 0 Å². The summed E-state index contributed by atoms with van der Waals surface area (Å²) in [7, 11) is 0. The Morgan fingerprint density at radius 3 is 2.68 bits per heavy atom. The van der Waals surface area contributed by atoms with Crippen LogP contribution in [-0.2, 0) is 0 Å². The minimum atomic E-state index is 0.472. The molecule has 2 aromatic heterocycles. The van der Waals surface area contributed by atoms with Crippen LogP contribution in [0.5, 0.6) is 0 Å². The molecule has 2 N–H and O–H groups in total. The van der Waals surface area contributed by atoms with Gasteiger partial charge in [0.15, 0.2) is 0 Å². The van der Waals surface area contributed by atoms with Crippen LogP contribution in [0.2, 0.25) is 0 Å². The fourth-order valence-electron chi connectivity index (χ4n) is 3.15. The van der Waals surface area contributed by atoms with E-state index in [2.05, 4.69) is 20.0 Å². The van der Waals surface area contributed by atoms with Crippen LogP contribution in [0.25, 0.3) is 22.8 Å². The summed E-state index contributed by atoms with van der Waals surface area (Å²) in [6.07, 6.45) is 5.59. The highest BCUT2D eigenvalue weighted by Crippen LogP contribution is 2.27. The fraction of sp³-hybridized carbons (Fsp3) is 0.316. The zero-order chi connectivity index (χ0) is 17.2. The van der Waals surface area contributed by atoms with Crippen molar-refractivity contribution in [3.05, 3.63) is 42.1 Å². The van der Waals surface area contributed by atoms with E-state index in [0.717, 1.165) is 35.6 Å². The molecule has 0 amide bonds. The highest BCUT2D eigenvalue weighted by atomic mass is 16.5. The number of anilines is 2. The van der Waals surface area contributed by atoms with Crippen molar-refractivity contribution < 1.29 is 4.52 Å². The molecule has 3 heterocycles. The zero-order valence-electron chi connectivity index (χ0n) is 14.3. The first-order valence-corrected chi connectivity index (χ1v) is 8.62. The molecule has 0 spiro atoms. The predicted molar refractivity (Wildman–Crippen MR) is 98.2 cm³/mol. The Kier molecular flexibility index (Phi) is 4.09. The van der Waals surface area contributed by atoms with Gasteiger partial charge in [-0.05, 0) is 56.0 Å². The van der Waals surface area contributed by atoms with Crippen LogP contribution in [0.4, 0.5) is 11.5 Å². The van der Waals surface area contributed by atoms with Crippen molar-refractivity contribution in [3.8, 4) is 22.8 Å². The average molecular weight is 335 g/mol. The van der Waals surface area contributed by atoms with Crippen molar-refractivity contribution in [1.82, 2.24) is 15.1 Å². The van der Waals surface area contributed by atoms with Crippen molar-refractivity contribution in [2.24, 2.45) is 0 Å². The van der Waals surface area contributed by atoms with Crippen molar-refractivity contribution in [3.63, 3.8) is 0 Å². The number of nitrogens with two attached hydrogens (primary N) is 1. The quantitative estimate of drug-likeness (QED) is 0.735. The van der Waals surface area contributed by atoms with Crippen molar-refractivity contribution in [2.45, 2.75) is 26.2 Å². The van der Waals surface area contributed by atoms with E-state index >= 15 is 0 Å². The molecule has 0 unspecified atom stereocenters. The molecule has 1 aliphatic heterocycles. The Bertz CT molecular complexity index is 866. The number of hydrogen-bond acceptors (Lipinski definition) is 6. The van der Waals surface area contributed by atoms with Gasteiger partial charge < -0.3 is 15.2 Å². The number of rotatable bonds is 3. The smallest absolute Gasteiger partial charge is 0.258 e. The lowest BCUT2D eigenvalue weighted by Crippen LogP contribution is -2.29. The summed E-state index contributed by atoms with van der Waals surface area (Å²) in [5.41, 5.74) is 9.29. The molecule has 1 aromatic carbocycles. The van der Waals surface area contributed by atoms with Crippen LogP contribution in [0.1, 0.15) is 24.8 Å². The summed E-state index contributed by atoms with van der Waals surface area (Å²) < 4.78 is 5.43. The molecular weight excluding hydrogens is 314 g/mol. The summed E-state index contributed by atoms with van der Waals surface area (Å²) >= 11 is 0. The minimum Gasteiger partial charge on any atom is -0.399 e. The first kappa shape index (κ1) is 15.6. The molecule has 0 aliphatic carbocycles. The Morgan fingerprint density at radius 1 is 1.08 bits per heavy atom. The van der Waals surface area contributed by atoms with Gasteiger partial charge in [0.05, 0.1) is 0 Å². The van der Waals surface area contributed by atoms with Crippen LogP contribution < -0.4 is 10.6 Å². The van der Waals surface area contributed by atoms with E-state index in [1.54, 1.807) is 0 Å². The normalized spacial score (nSPS) is 14.7. The molecule has 1 aliphatic rings. The zero-order valence-corrected chi connectivity index (χ0v) is 14.3. The summed E-state index contributed by atoms with van der Waals surface area (Å²) in [6, 6.07) is 9.69. The molecule has 6 nitrogen and oxygen atoms in total. The number of aromatic nitrogens is 3. The summed E-state index contributed by atoms with van der Waals surface area (Å²) in [4.78, 5) is 11.4. The Hall–Kier alpha value is -2.89. The minimum absolute atomic E-state index is 0.472. The van der Waals surface area contributed by atoms with Crippen molar-refractivity contribution >= 4 is 11.5 Å². The van der Waals surface area contributed by atoms with Gasteiger partial charge in [-0.25, -0.2) is 4.98 Å². The lowest BCUT2D eigenvalue weighted by molar-refractivity contribution is 0.432. The third-order valence-electron chi connectivity index (χ3n) is 4.60. The maximum absolute atomic E-state index is 5.87. The maximum atomic E-state index is 5.87. The Balaban J connectivity index is 1.58. The number of hydrogen-bond donors (Lipinski definition) is 1. The molecule has 4 rings (SSSR count). The fourth-order valence-corrected chi connectivity index (χ4v) is 3.15. The molecule has 6 heteroatoms. The number of nitrogen functional groups attached to an aromatic ring is 1. The predicted octanol–water partition coefficient (Wildman–Crippen LogP) is 3.68. The molecule has 1 fully saturated rings. The Morgan fingerprint density at radius 2 is 1.92 bits per heavy atom. The topological polar surface area (TPSA) is 81.1 Å². The van der Waals surface area contributed by atoms with Gasteiger partial charge in [-0.1, -0.05) is 11.2 Å². The van der Waals surface area contributed by atoms with Crippen molar-refractivity contribution in [2.75, 3.05) is 23.7 Å². The van der Waals surface area contributed by atoms with E-state index in [0.29, 0.717) is 17.4 Å². The number of benzene rings is 1. The maximum Gasteiger partial charge on any atom is 0.258 e. The molecule has 0 radical (unpaired) electrons. The molecule has 3 aromatic rings. The van der Waals surface area contributed by atoms with E-state index in [1.165, 1.54) is 19.3 Å². The van der Waals surface area contributed by atoms with E-state index < -0.39 is 0 Å². The van der Waals surface area contributed by atoms with Gasteiger partial charge in [0.1, 0.15) is 5.82 Å². The molecule has 128 valence electrons. The highest BCUT2D eigenvalue weighted by molar-refractivity contribution is 5.66. The van der Waals surface area contributed by atoms with E-state index in [1.807, 2.05) is 43.5 Å². The summed E-state index contributed by atoms with van der Waals surface area (Å²) in [6.45, 7) is 4.15. The van der Waals surface area contributed by atoms with Gasteiger partial charge in [0.2, 0.25) is 5.82 Å². The molecule has 1 saturated heterocycles. The van der Waals surface area contributed by atoms with Gasteiger partial charge in [-0.15, -0.1) is 0 Å². The van der Waals surface area contributed by atoms with Crippen LogP contribution >= 0.6 is 0 Å². The van der Waals surface area contributed by atoms with Gasteiger partial charge in [-0.2, -0.15) is 4.98 Å². The monoisotopic (exact) mass is 335 g/mol.